The Bertz CT molecular complexity index is 1160. The molecule has 0 radical (unpaired) electrons. The van der Waals surface area contributed by atoms with Crippen molar-refractivity contribution in [2.24, 2.45) is 7.05 Å². The van der Waals surface area contributed by atoms with E-state index in [2.05, 4.69) is 41.3 Å². The maximum atomic E-state index is 5.71. The molecule has 0 spiro atoms. The number of rotatable bonds is 4. The first-order valence-corrected chi connectivity index (χ1v) is 11.2. The first kappa shape index (κ1) is 18.7. The zero-order chi connectivity index (χ0) is 19.8. The summed E-state index contributed by atoms with van der Waals surface area (Å²) in [6, 6.07) is 19.0. The van der Waals surface area contributed by atoms with Gasteiger partial charge < -0.3 is 4.57 Å². The summed E-state index contributed by atoms with van der Waals surface area (Å²) in [5.74, 6) is 0.907. The van der Waals surface area contributed by atoms with Gasteiger partial charge in [0.05, 0.1) is 22.9 Å². The van der Waals surface area contributed by atoms with Gasteiger partial charge in [-0.2, -0.15) is 5.10 Å². The van der Waals surface area contributed by atoms with Crippen LogP contribution in [-0.4, -0.2) is 30.8 Å². The minimum absolute atomic E-state index is 0.324. The van der Waals surface area contributed by atoms with Crippen molar-refractivity contribution < 1.29 is 0 Å². The molecular formula is C22H23N5S2. The molecule has 148 valence electrons. The van der Waals surface area contributed by atoms with Crippen molar-refractivity contribution in [3.8, 4) is 11.4 Å². The molecule has 2 aromatic carbocycles. The van der Waals surface area contributed by atoms with E-state index in [0.29, 0.717) is 12.7 Å². The highest BCUT2D eigenvalue weighted by Crippen LogP contribution is 2.36. The maximum absolute atomic E-state index is 5.71. The third-order valence-corrected chi connectivity index (χ3v) is 7.22. The van der Waals surface area contributed by atoms with E-state index in [-0.39, 0.29) is 0 Å². The lowest BCUT2D eigenvalue weighted by atomic mass is 10.0. The summed E-state index contributed by atoms with van der Waals surface area (Å²) in [7, 11) is 2.00. The molecule has 0 saturated carbocycles. The van der Waals surface area contributed by atoms with Gasteiger partial charge in [0.2, 0.25) is 0 Å². The van der Waals surface area contributed by atoms with E-state index in [9.17, 15) is 0 Å². The summed E-state index contributed by atoms with van der Waals surface area (Å²) in [5, 5.41) is 6.07. The first-order valence-electron chi connectivity index (χ1n) is 9.99. The molecule has 0 aliphatic carbocycles. The first-order chi connectivity index (χ1) is 14.2. The Labute approximate surface area is 179 Å². The molecule has 1 unspecified atom stereocenters. The Kier molecular flexibility index (Phi) is 5.03. The average molecular weight is 422 g/mol. The molecule has 0 amide bonds. The zero-order valence-corrected chi connectivity index (χ0v) is 18.0. The van der Waals surface area contributed by atoms with E-state index in [1.54, 1.807) is 0 Å². The van der Waals surface area contributed by atoms with Crippen molar-refractivity contribution in [3.63, 3.8) is 0 Å². The minimum atomic E-state index is 0.324. The van der Waals surface area contributed by atoms with Crippen molar-refractivity contribution >= 4 is 33.8 Å². The molecular weight excluding hydrogens is 398 g/mol. The fourth-order valence-corrected chi connectivity index (χ4v) is 5.39. The number of likely N-dealkylation sites (tertiary alicyclic amines) is 1. The van der Waals surface area contributed by atoms with Crippen LogP contribution in [0.5, 0.6) is 0 Å². The van der Waals surface area contributed by atoms with Crippen LogP contribution < -0.4 is 0 Å². The van der Waals surface area contributed by atoms with Crippen LogP contribution in [0.25, 0.3) is 21.6 Å². The molecule has 3 heterocycles. The number of thiazole rings is 1. The molecule has 1 atom stereocenters. The van der Waals surface area contributed by atoms with Crippen LogP contribution in [0, 0.1) is 4.77 Å². The van der Waals surface area contributed by atoms with Gasteiger partial charge in [0.15, 0.2) is 10.6 Å². The number of benzene rings is 2. The van der Waals surface area contributed by atoms with Crippen molar-refractivity contribution in [1.29, 1.82) is 0 Å². The third-order valence-electron chi connectivity index (χ3n) is 5.60. The summed E-state index contributed by atoms with van der Waals surface area (Å²) in [6.07, 6.45) is 3.57. The Morgan fingerprint density at radius 1 is 1.07 bits per heavy atom. The number of hydrogen-bond donors (Lipinski definition) is 0. The van der Waals surface area contributed by atoms with E-state index in [1.807, 2.05) is 45.8 Å². The summed E-state index contributed by atoms with van der Waals surface area (Å²) in [5.41, 5.74) is 2.18. The summed E-state index contributed by atoms with van der Waals surface area (Å²) >= 11 is 7.53. The molecule has 0 bridgehead atoms. The molecule has 2 aromatic heterocycles. The van der Waals surface area contributed by atoms with Crippen LogP contribution in [0.15, 0.2) is 54.6 Å². The Morgan fingerprint density at radius 3 is 2.69 bits per heavy atom. The van der Waals surface area contributed by atoms with Crippen LogP contribution in [0.3, 0.4) is 0 Å². The topological polar surface area (TPSA) is 38.9 Å². The molecule has 1 fully saturated rings. The second-order valence-corrected chi connectivity index (χ2v) is 8.94. The molecule has 1 aliphatic heterocycles. The normalized spacial score (nSPS) is 17.8. The number of piperidine rings is 1. The van der Waals surface area contributed by atoms with Gasteiger partial charge in [0, 0.05) is 19.2 Å². The number of aromatic nitrogens is 4. The van der Waals surface area contributed by atoms with E-state index >= 15 is 0 Å². The smallest absolute Gasteiger partial charge is 0.199 e. The highest BCUT2D eigenvalue weighted by molar-refractivity contribution is 7.71. The van der Waals surface area contributed by atoms with Crippen molar-refractivity contribution in [3.05, 3.63) is 64.4 Å². The van der Waals surface area contributed by atoms with E-state index < -0.39 is 0 Å². The summed E-state index contributed by atoms with van der Waals surface area (Å²) in [6.45, 7) is 1.74. The van der Waals surface area contributed by atoms with Gasteiger partial charge in [-0.1, -0.05) is 48.9 Å². The largest absolute Gasteiger partial charge is 0.303 e. The molecule has 1 saturated heterocycles. The van der Waals surface area contributed by atoms with Crippen molar-refractivity contribution in [2.45, 2.75) is 32.0 Å². The van der Waals surface area contributed by atoms with Crippen LogP contribution in [0.2, 0.25) is 0 Å². The number of nitrogens with zero attached hydrogens (tertiary/aromatic N) is 5. The average Bonchev–Trinajstić information content (AvgIpc) is 3.31. The number of para-hydroxylation sites is 1. The van der Waals surface area contributed by atoms with Gasteiger partial charge in [-0.15, -0.1) is 11.3 Å². The Hall–Kier alpha value is -2.35. The molecule has 5 rings (SSSR count). The SMILES string of the molecule is Cn1c(-c2ccccc2)nn(CN2CCCCC2c2nc3ccccc3s2)c1=S. The van der Waals surface area contributed by atoms with E-state index in [4.69, 9.17) is 22.3 Å². The van der Waals surface area contributed by atoms with Crippen LogP contribution in [-0.2, 0) is 13.7 Å². The Morgan fingerprint density at radius 2 is 1.86 bits per heavy atom. The van der Waals surface area contributed by atoms with Crippen molar-refractivity contribution in [1.82, 2.24) is 24.2 Å². The second-order valence-electron chi connectivity index (χ2n) is 7.52. The predicted octanol–water partition coefficient (Wildman–Crippen LogP) is 5.41. The molecule has 0 N–H and O–H groups in total. The molecule has 29 heavy (non-hydrogen) atoms. The lowest BCUT2D eigenvalue weighted by Gasteiger charge is -2.34. The highest BCUT2D eigenvalue weighted by atomic mass is 32.1. The standard InChI is InChI=1S/C22H23N5S2/c1-25-20(16-9-3-2-4-10-16)24-27(22(25)28)15-26-14-8-7-12-18(26)21-23-17-11-5-6-13-19(17)29-21/h2-6,9-11,13,18H,7-8,12,14-15H2,1H3. The van der Waals surface area contributed by atoms with E-state index in [1.165, 1.54) is 22.5 Å². The summed E-state index contributed by atoms with van der Waals surface area (Å²) < 4.78 is 5.97. The number of fused-ring (bicyclic) bond motifs is 1. The molecule has 1 aliphatic rings. The molecule has 5 nitrogen and oxygen atoms in total. The maximum Gasteiger partial charge on any atom is 0.199 e. The lowest BCUT2D eigenvalue weighted by Crippen LogP contribution is -2.35. The molecule has 7 heteroatoms. The van der Waals surface area contributed by atoms with Gasteiger partial charge in [-0.25, -0.2) is 9.67 Å². The summed E-state index contributed by atoms with van der Waals surface area (Å²) in [4.78, 5) is 7.42. The van der Waals surface area contributed by atoms with E-state index in [0.717, 1.165) is 34.6 Å². The van der Waals surface area contributed by atoms with Crippen LogP contribution in [0.4, 0.5) is 0 Å². The predicted molar refractivity (Wildman–Crippen MR) is 120 cm³/mol. The van der Waals surface area contributed by atoms with Gasteiger partial charge >= 0.3 is 0 Å². The Balaban J connectivity index is 1.46. The third kappa shape index (κ3) is 3.54. The monoisotopic (exact) mass is 421 g/mol. The minimum Gasteiger partial charge on any atom is -0.303 e. The number of hydrogen-bond acceptors (Lipinski definition) is 5. The second kappa shape index (κ2) is 7.82. The quantitative estimate of drug-likeness (QED) is 0.413. The molecule has 4 aromatic rings. The zero-order valence-electron chi connectivity index (χ0n) is 16.4. The van der Waals surface area contributed by atoms with Gasteiger partial charge in [-0.3, -0.25) is 4.90 Å². The van der Waals surface area contributed by atoms with Crippen LogP contribution >= 0.6 is 23.6 Å². The fourth-order valence-electron chi connectivity index (χ4n) is 4.06. The van der Waals surface area contributed by atoms with Crippen molar-refractivity contribution in [2.75, 3.05) is 6.54 Å². The van der Waals surface area contributed by atoms with Gasteiger partial charge in [0.1, 0.15) is 5.01 Å². The lowest BCUT2D eigenvalue weighted by molar-refractivity contribution is 0.103. The van der Waals surface area contributed by atoms with Gasteiger partial charge in [0.25, 0.3) is 0 Å². The fraction of sp³-hybridized carbons (Fsp3) is 0.318. The highest BCUT2D eigenvalue weighted by Gasteiger charge is 2.27. The van der Waals surface area contributed by atoms with Crippen LogP contribution in [0.1, 0.15) is 30.3 Å². The van der Waals surface area contributed by atoms with Gasteiger partial charge in [-0.05, 0) is 37.2 Å².